The SMILES string of the molecule is O=C(Cc1ccc(OC(F)F)cc1)NC(C(=O)O)C1CC1. The van der Waals surface area contributed by atoms with Gasteiger partial charge in [0.05, 0.1) is 6.42 Å². The Balaban J connectivity index is 1.88. The summed E-state index contributed by atoms with van der Waals surface area (Å²) in [4.78, 5) is 22.8. The van der Waals surface area contributed by atoms with Gasteiger partial charge in [-0.1, -0.05) is 12.1 Å². The molecule has 2 rings (SSSR count). The van der Waals surface area contributed by atoms with Crippen LogP contribution in [0.15, 0.2) is 24.3 Å². The summed E-state index contributed by atoms with van der Waals surface area (Å²) in [5.41, 5.74) is 0.592. The zero-order valence-corrected chi connectivity index (χ0v) is 11.1. The molecule has 0 aliphatic heterocycles. The van der Waals surface area contributed by atoms with Gasteiger partial charge in [-0.15, -0.1) is 0 Å². The number of carboxylic acids is 1. The number of benzene rings is 1. The fourth-order valence-corrected chi connectivity index (χ4v) is 2.01. The highest BCUT2D eigenvalue weighted by Gasteiger charge is 2.37. The van der Waals surface area contributed by atoms with Crippen LogP contribution < -0.4 is 10.1 Å². The lowest BCUT2D eigenvalue weighted by Gasteiger charge is -2.13. The second kappa shape index (κ2) is 6.51. The molecule has 0 heterocycles. The van der Waals surface area contributed by atoms with Crippen LogP contribution in [-0.2, 0) is 16.0 Å². The van der Waals surface area contributed by atoms with Gasteiger partial charge in [-0.25, -0.2) is 4.79 Å². The van der Waals surface area contributed by atoms with Crippen molar-refractivity contribution in [2.75, 3.05) is 0 Å². The van der Waals surface area contributed by atoms with Crippen molar-refractivity contribution in [3.8, 4) is 5.75 Å². The van der Waals surface area contributed by atoms with E-state index in [-0.39, 0.29) is 18.1 Å². The number of carbonyl (C=O) groups is 2. The van der Waals surface area contributed by atoms with Crippen molar-refractivity contribution >= 4 is 11.9 Å². The van der Waals surface area contributed by atoms with Crippen LogP contribution in [0, 0.1) is 5.92 Å². The van der Waals surface area contributed by atoms with Crippen LogP contribution in [0.1, 0.15) is 18.4 Å². The van der Waals surface area contributed by atoms with E-state index in [2.05, 4.69) is 10.1 Å². The molecule has 1 aliphatic rings. The summed E-state index contributed by atoms with van der Waals surface area (Å²) < 4.78 is 28.2. The Bertz CT molecular complexity index is 514. The molecule has 0 spiro atoms. The molecule has 0 saturated heterocycles. The molecule has 1 amide bonds. The van der Waals surface area contributed by atoms with Crippen LogP contribution >= 0.6 is 0 Å². The highest BCUT2D eigenvalue weighted by molar-refractivity contribution is 5.85. The third-order valence-electron chi connectivity index (χ3n) is 3.19. The molecule has 2 N–H and O–H groups in total. The van der Waals surface area contributed by atoms with Gasteiger partial charge in [0.25, 0.3) is 0 Å². The standard InChI is InChI=1S/C14H15F2NO4/c15-14(16)21-10-5-1-8(2-6-10)7-11(18)17-12(13(19)20)9-3-4-9/h1-2,5-6,9,12,14H,3-4,7H2,(H,17,18)(H,19,20). The van der Waals surface area contributed by atoms with E-state index in [1.165, 1.54) is 24.3 Å². The first-order chi connectivity index (χ1) is 9.95. The Morgan fingerprint density at radius 3 is 2.38 bits per heavy atom. The average Bonchev–Trinajstić information content (AvgIpc) is 3.21. The minimum Gasteiger partial charge on any atom is -0.480 e. The van der Waals surface area contributed by atoms with Crippen molar-refractivity contribution in [2.45, 2.75) is 31.9 Å². The van der Waals surface area contributed by atoms with Gasteiger partial charge in [0, 0.05) is 0 Å². The molecule has 0 radical (unpaired) electrons. The molecule has 7 heteroatoms. The van der Waals surface area contributed by atoms with E-state index in [4.69, 9.17) is 5.11 Å². The number of nitrogens with one attached hydrogen (secondary N) is 1. The number of carboxylic acid groups (broad SMARTS) is 1. The molecule has 114 valence electrons. The van der Waals surface area contributed by atoms with Crippen LogP contribution in [0.2, 0.25) is 0 Å². The van der Waals surface area contributed by atoms with Crippen molar-refractivity contribution in [2.24, 2.45) is 5.92 Å². The molecule has 1 fully saturated rings. The van der Waals surface area contributed by atoms with Gasteiger partial charge < -0.3 is 15.2 Å². The smallest absolute Gasteiger partial charge is 0.387 e. The molecule has 1 atom stereocenters. The molecule has 21 heavy (non-hydrogen) atoms. The van der Waals surface area contributed by atoms with Gasteiger partial charge in [0.15, 0.2) is 0 Å². The van der Waals surface area contributed by atoms with E-state index >= 15 is 0 Å². The molecular formula is C14H15F2NO4. The number of rotatable bonds is 7. The molecule has 5 nitrogen and oxygen atoms in total. The van der Waals surface area contributed by atoms with Crippen molar-refractivity contribution in [1.29, 1.82) is 0 Å². The predicted molar refractivity (Wildman–Crippen MR) is 69.1 cm³/mol. The Labute approximate surface area is 119 Å². The highest BCUT2D eigenvalue weighted by atomic mass is 19.3. The average molecular weight is 299 g/mol. The predicted octanol–water partition coefficient (Wildman–Crippen LogP) is 1.81. The summed E-state index contributed by atoms with van der Waals surface area (Å²) in [6.07, 6.45) is 1.60. The Hall–Kier alpha value is -2.18. The van der Waals surface area contributed by atoms with Gasteiger partial charge >= 0.3 is 12.6 Å². The van der Waals surface area contributed by atoms with E-state index in [0.717, 1.165) is 12.8 Å². The van der Waals surface area contributed by atoms with E-state index < -0.39 is 24.5 Å². The summed E-state index contributed by atoms with van der Waals surface area (Å²) in [7, 11) is 0. The number of alkyl halides is 2. The molecule has 1 unspecified atom stereocenters. The minimum atomic E-state index is -2.89. The normalized spacial score (nSPS) is 15.6. The lowest BCUT2D eigenvalue weighted by atomic mass is 10.1. The third-order valence-corrected chi connectivity index (χ3v) is 3.19. The van der Waals surface area contributed by atoms with Crippen LogP contribution in [0.3, 0.4) is 0 Å². The summed E-state index contributed by atoms with van der Waals surface area (Å²) in [5, 5.41) is 11.5. The quantitative estimate of drug-likeness (QED) is 0.805. The minimum absolute atomic E-state index is 0.00766. The first-order valence-corrected chi connectivity index (χ1v) is 6.51. The molecule has 0 aromatic heterocycles. The monoisotopic (exact) mass is 299 g/mol. The van der Waals surface area contributed by atoms with Crippen LogP contribution in [0.25, 0.3) is 0 Å². The topological polar surface area (TPSA) is 75.6 Å². The first kappa shape index (κ1) is 15.2. The number of hydrogen-bond acceptors (Lipinski definition) is 3. The lowest BCUT2D eigenvalue weighted by Crippen LogP contribution is -2.43. The van der Waals surface area contributed by atoms with Gasteiger partial charge in [-0.05, 0) is 36.5 Å². The fourth-order valence-electron chi connectivity index (χ4n) is 2.01. The van der Waals surface area contributed by atoms with E-state index in [9.17, 15) is 18.4 Å². The number of halogens is 2. The van der Waals surface area contributed by atoms with E-state index in [1.807, 2.05) is 0 Å². The number of hydrogen-bond donors (Lipinski definition) is 2. The van der Waals surface area contributed by atoms with Crippen molar-refractivity contribution < 1.29 is 28.2 Å². The number of aliphatic carboxylic acids is 1. The van der Waals surface area contributed by atoms with Gasteiger partial charge in [-0.2, -0.15) is 8.78 Å². The number of amides is 1. The molecular weight excluding hydrogens is 284 g/mol. The lowest BCUT2D eigenvalue weighted by molar-refractivity contribution is -0.142. The van der Waals surface area contributed by atoms with Gasteiger partial charge in [0.2, 0.25) is 5.91 Å². The zero-order valence-electron chi connectivity index (χ0n) is 11.1. The van der Waals surface area contributed by atoms with Crippen molar-refractivity contribution in [3.63, 3.8) is 0 Å². The summed E-state index contributed by atoms with van der Waals surface area (Å²) in [6, 6.07) is 4.81. The third kappa shape index (κ3) is 4.70. The van der Waals surface area contributed by atoms with Crippen molar-refractivity contribution in [3.05, 3.63) is 29.8 Å². The molecule has 1 aliphatic carbocycles. The maximum Gasteiger partial charge on any atom is 0.387 e. The fraction of sp³-hybridized carbons (Fsp3) is 0.429. The molecule has 1 aromatic rings. The second-order valence-electron chi connectivity index (χ2n) is 4.92. The molecule has 1 saturated carbocycles. The van der Waals surface area contributed by atoms with Gasteiger partial charge in [0.1, 0.15) is 11.8 Å². The Morgan fingerprint density at radius 2 is 1.90 bits per heavy atom. The number of ether oxygens (including phenoxy) is 1. The Kier molecular flexibility index (Phi) is 4.72. The van der Waals surface area contributed by atoms with E-state index in [1.54, 1.807) is 0 Å². The second-order valence-corrected chi connectivity index (χ2v) is 4.92. The van der Waals surface area contributed by atoms with Crippen molar-refractivity contribution in [1.82, 2.24) is 5.32 Å². The highest BCUT2D eigenvalue weighted by Crippen LogP contribution is 2.32. The van der Waals surface area contributed by atoms with Crippen LogP contribution in [-0.4, -0.2) is 29.6 Å². The molecule has 1 aromatic carbocycles. The maximum atomic E-state index is 12.0. The summed E-state index contributed by atoms with van der Waals surface area (Å²) >= 11 is 0. The zero-order chi connectivity index (χ0) is 15.4. The van der Waals surface area contributed by atoms with Crippen LogP contribution in [0.5, 0.6) is 5.75 Å². The Morgan fingerprint density at radius 1 is 1.29 bits per heavy atom. The maximum absolute atomic E-state index is 12.0. The molecule has 0 bridgehead atoms. The van der Waals surface area contributed by atoms with E-state index in [0.29, 0.717) is 5.56 Å². The summed E-state index contributed by atoms with van der Waals surface area (Å²) in [5.74, 6) is -1.42. The summed E-state index contributed by atoms with van der Waals surface area (Å²) in [6.45, 7) is -2.89. The van der Waals surface area contributed by atoms with Crippen LogP contribution in [0.4, 0.5) is 8.78 Å². The van der Waals surface area contributed by atoms with Gasteiger partial charge in [-0.3, -0.25) is 4.79 Å². The largest absolute Gasteiger partial charge is 0.480 e. The number of carbonyl (C=O) groups excluding carboxylic acids is 1. The first-order valence-electron chi connectivity index (χ1n) is 6.51.